The van der Waals surface area contributed by atoms with Crippen LogP contribution in [-0.4, -0.2) is 96.7 Å². The summed E-state index contributed by atoms with van der Waals surface area (Å²) in [5, 5.41) is 10.5. The Balaban J connectivity index is 5.24. The third kappa shape index (κ3) is 58.2. The number of phosphoric acid groups is 2. The minimum absolute atomic E-state index is 0.101. The molecule has 3 N–H and O–H groups in total. The number of aliphatic hydroxyl groups excluding tert-OH is 1. The summed E-state index contributed by atoms with van der Waals surface area (Å²) in [5.41, 5.74) is 0. The number of hydrogen-bond acceptors (Lipinski definition) is 15. The van der Waals surface area contributed by atoms with Gasteiger partial charge in [-0.15, -0.1) is 0 Å². The van der Waals surface area contributed by atoms with Crippen LogP contribution in [0.1, 0.15) is 319 Å². The maximum atomic E-state index is 13.0. The highest BCUT2D eigenvalue weighted by Crippen LogP contribution is 2.45. The summed E-state index contributed by atoms with van der Waals surface area (Å²) in [6.07, 6.45) is 36.3. The molecule has 504 valence electrons. The first kappa shape index (κ1) is 83.1. The molecule has 0 saturated carbocycles. The van der Waals surface area contributed by atoms with Crippen molar-refractivity contribution in [3.8, 4) is 0 Å². The fourth-order valence-electron chi connectivity index (χ4n) is 9.72. The molecular weight excluding hydrogens is 1130 g/mol. The van der Waals surface area contributed by atoms with Gasteiger partial charge in [0.2, 0.25) is 0 Å². The zero-order valence-electron chi connectivity index (χ0n) is 55.2. The summed E-state index contributed by atoms with van der Waals surface area (Å²) in [4.78, 5) is 72.3. The second-order valence-electron chi connectivity index (χ2n) is 25.3. The minimum atomic E-state index is -4.95. The lowest BCUT2D eigenvalue weighted by atomic mass is 9.99. The van der Waals surface area contributed by atoms with Gasteiger partial charge in [0.15, 0.2) is 12.2 Å². The van der Waals surface area contributed by atoms with Crippen LogP contribution < -0.4 is 0 Å². The molecular formula is C66H128O17P2. The molecule has 0 spiro atoms. The molecule has 85 heavy (non-hydrogen) atoms. The zero-order valence-corrected chi connectivity index (χ0v) is 57.0. The van der Waals surface area contributed by atoms with E-state index in [9.17, 15) is 43.2 Å². The van der Waals surface area contributed by atoms with Crippen molar-refractivity contribution in [2.45, 2.75) is 337 Å². The van der Waals surface area contributed by atoms with Crippen molar-refractivity contribution >= 4 is 39.5 Å². The van der Waals surface area contributed by atoms with Crippen molar-refractivity contribution in [2.24, 2.45) is 23.7 Å². The van der Waals surface area contributed by atoms with Gasteiger partial charge in [-0.3, -0.25) is 37.3 Å². The standard InChI is InChI=1S/C66H128O17P2/c1-9-58(7)44-36-28-19-16-17-21-32-40-48-65(70)82-61(53-77-64(69)47-39-31-25-23-29-37-45-59(8)10-2)54-80-84(72,73)78-50-60(67)51-79-85(74,75)81-55-62(83-66(71)49-41-33-24-22-27-35-43-57(5)6)52-76-63(68)46-38-30-20-15-13-11-12-14-18-26-34-42-56(3)4/h56-62,67H,9-55H2,1-8H3,(H,72,73)(H,74,75)/t58?,59?,60-,61+,62+/m0/s1. The maximum absolute atomic E-state index is 13.0. The number of unbranched alkanes of at least 4 members (excludes halogenated alkanes) is 27. The molecule has 0 aromatic heterocycles. The first-order valence-corrected chi connectivity index (χ1v) is 37.3. The third-order valence-electron chi connectivity index (χ3n) is 15.8. The summed E-state index contributed by atoms with van der Waals surface area (Å²) >= 11 is 0. The molecule has 0 aliphatic heterocycles. The van der Waals surface area contributed by atoms with Gasteiger partial charge in [0, 0.05) is 25.7 Å². The van der Waals surface area contributed by atoms with Gasteiger partial charge in [-0.05, 0) is 49.4 Å². The maximum Gasteiger partial charge on any atom is 0.472 e. The molecule has 0 aromatic carbocycles. The van der Waals surface area contributed by atoms with Crippen LogP contribution >= 0.6 is 15.6 Å². The SMILES string of the molecule is CCC(C)CCCCCCCCCCC(=O)O[C@H](COC(=O)CCCCCCCCC(C)CC)COP(=O)(O)OC[C@H](O)COP(=O)(O)OC[C@@H](COC(=O)CCCCCCCCCCCCCC(C)C)OC(=O)CCCCCCCCC(C)C. The number of aliphatic hydroxyl groups is 1. The van der Waals surface area contributed by atoms with Gasteiger partial charge >= 0.3 is 39.5 Å². The molecule has 0 fully saturated rings. The van der Waals surface area contributed by atoms with E-state index in [2.05, 4.69) is 55.4 Å². The smallest absolute Gasteiger partial charge is 0.462 e. The quantitative estimate of drug-likeness (QED) is 0.0222. The number of phosphoric ester groups is 2. The fourth-order valence-corrected chi connectivity index (χ4v) is 11.3. The second-order valence-corrected chi connectivity index (χ2v) is 28.2. The molecule has 19 heteroatoms. The first-order valence-electron chi connectivity index (χ1n) is 34.3. The van der Waals surface area contributed by atoms with Gasteiger partial charge in [-0.25, -0.2) is 9.13 Å². The first-order chi connectivity index (χ1) is 40.7. The molecule has 0 aliphatic rings. The van der Waals surface area contributed by atoms with Crippen molar-refractivity contribution in [1.29, 1.82) is 0 Å². The molecule has 7 atom stereocenters. The van der Waals surface area contributed by atoms with E-state index < -0.39 is 97.5 Å². The van der Waals surface area contributed by atoms with Crippen LogP contribution in [0, 0.1) is 23.7 Å². The molecule has 0 aliphatic carbocycles. The predicted molar refractivity (Wildman–Crippen MR) is 340 cm³/mol. The second kappa shape index (κ2) is 56.1. The highest BCUT2D eigenvalue weighted by molar-refractivity contribution is 7.47. The van der Waals surface area contributed by atoms with Gasteiger partial charge in [-0.2, -0.15) is 0 Å². The van der Waals surface area contributed by atoms with Crippen molar-refractivity contribution in [2.75, 3.05) is 39.6 Å². The Morgan fingerprint density at radius 1 is 0.329 bits per heavy atom. The van der Waals surface area contributed by atoms with Gasteiger partial charge in [-0.1, -0.05) is 267 Å². The number of ether oxygens (including phenoxy) is 4. The highest BCUT2D eigenvalue weighted by atomic mass is 31.2. The van der Waals surface area contributed by atoms with E-state index in [-0.39, 0.29) is 25.7 Å². The number of carbonyl (C=O) groups is 4. The largest absolute Gasteiger partial charge is 0.472 e. The molecule has 4 unspecified atom stereocenters. The Kier molecular flexibility index (Phi) is 54.8. The van der Waals surface area contributed by atoms with Crippen LogP contribution in [0.25, 0.3) is 0 Å². The van der Waals surface area contributed by atoms with Crippen LogP contribution in [0.2, 0.25) is 0 Å². The van der Waals surface area contributed by atoms with Crippen molar-refractivity contribution in [3.05, 3.63) is 0 Å². The molecule has 17 nitrogen and oxygen atoms in total. The molecule has 0 heterocycles. The number of carbonyl (C=O) groups excluding carboxylic acids is 4. The Hall–Kier alpha value is -1.94. The van der Waals surface area contributed by atoms with E-state index in [1.165, 1.54) is 116 Å². The predicted octanol–water partition coefficient (Wildman–Crippen LogP) is 18.1. The zero-order chi connectivity index (χ0) is 63.2. The average molecular weight is 1260 g/mol. The monoisotopic (exact) mass is 1250 g/mol. The minimum Gasteiger partial charge on any atom is -0.462 e. The number of rotatable bonds is 63. The summed E-state index contributed by atoms with van der Waals surface area (Å²) in [7, 11) is -9.89. The topological polar surface area (TPSA) is 237 Å². The molecule has 0 amide bonds. The number of hydrogen-bond donors (Lipinski definition) is 3. The van der Waals surface area contributed by atoms with Crippen molar-refractivity contribution < 1.29 is 80.2 Å². The van der Waals surface area contributed by atoms with Gasteiger partial charge in [0.1, 0.15) is 19.3 Å². The van der Waals surface area contributed by atoms with Gasteiger partial charge < -0.3 is 33.8 Å². The van der Waals surface area contributed by atoms with E-state index in [4.69, 9.17) is 37.0 Å². The van der Waals surface area contributed by atoms with Crippen LogP contribution in [0.3, 0.4) is 0 Å². The lowest BCUT2D eigenvalue weighted by molar-refractivity contribution is -0.161. The Labute approximate surface area is 517 Å². The van der Waals surface area contributed by atoms with Crippen molar-refractivity contribution in [3.63, 3.8) is 0 Å². The molecule has 0 bridgehead atoms. The molecule has 0 radical (unpaired) electrons. The summed E-state index contributed by atoms with van der Waals surface area (Å²) in [5.74, 6) is 0.800. The summed E-state index contributed by atoms with van der Waals surface area (Å²) in [6.45, 7) is 14.0. The fraction of sp³-hybridized carbons (Fsp3) is 0.939. The van der Waals surface area contributed by atoms with E-state index >= 15 is 0 Å². The molecule has 0 saturated heterocycles. The summed E-state index contributed by atoms with van der Waals surface area (Å²) < 4.78 is 68.1. The van der Waals surface area contributed by atoms with Gasteiger partial charge in [0.25, 0.3) is 0 Å². The van der Waals surface area contributed by atoms with E-state index in [1.807, 2.05) is 0 Å². The highest BCUT2D eigenvalue weighted by Gasteiger charge is 2.30. The van der Waals surface area contributed by atoms with E-state index in [0.29, 0.717) is 31.6 Å². The van der Waals surface area contributed by atoms with Crippen LogP contribution in [-0.2, 0) is 65.4 Å². The Bertz CT molecular complexity index is 1700. The van der Waals surface area contributed by atoms with E-state index in [0.717, 1.165) is 114 Å². The van der Waals surface area contributed by atoms with Gasteiger partial charge in [0.05, 0.1) is 26.4 Å². The normalized spacial score (nSPS) is 15.0. The van der Waals surface area contributed by atoms with Crippen LogP contribution in [0.15, 0.2) is 0 Å². The van der Waals surface area contributed by atoms with Crippen molar-refractivity contribution in [1.82, 2.24) is 0 Å². The average Bonchev–Trinajstić information content (AvgIpc) is 3.54. The van der Waals surface area contributed by atoms with E-state index in [1.54, 1.807) is 0 Å². The molecule has 0 rings (SSSR count). The Morgan fingerprint density at radius 3 is 0.835 bits per heavy atom. The Morgan fingerprint density at radius 2 is 0.565 bits per heavy atom. The third-order valence-corrected chi connectivity index (χ3v) is 17.7. The number of esters is 4. The van der Waals surface area contributed by atoms with Crippen LogP contribution in [0.4, 0.5) is 0 Å². The molecule has 0 aromatic rings. The van der Waals surface area contributed by atoms with Crippen LogP contribution in [0.5, 0.6) is 0 Å². The summed E-state index contributed by atoms with van der Waals surface area (Å²) in [6, 6.07) is 0. The lowest BCUT2D eigenvalue weighted by Gasteiger charge is -2.21. The lowest BCUT2D eigenvalue weighted by Crippen LogP contribution is -2.30.